The lowest BCUT2D eigenvalue weighted by atomic mass is 10.1. The molecule has 1 saturated heterocycles. The molecule has 1 aliphatic heterocycles. The number of rotatable bonds is 4. The molecule has 0 spiro atoms. The summed E-state index contributed by atoms with van der Waals surface area (Å²) in [6.45, 7) is 2.43. The maximum absolute atomic E-state index is 12.7. The van der Waals surface area contributed by atoms with Crippen molar-refractivity contribution < 1.29 is 31.1 Å². The molecule has 0 radical (unpaired) electrons. The van der Waals surface area contributed by atoms with Crippen LogP contribution in [0.1, 0.15) is 18.1 Å². The van der Waals surface area contributed by atoms with Gasteiger partial charge in [-0.25, -0.2) is 13.2 Å². The molecule has 0 bridgehead atoms. The largest absolute Gasteiger partial charge is 0.450 e. The third-order valence-electron chi connectivity index (χ3n) is 3.76. The summed E-state index contributed by atoms with van der Waals surface area (Å²) in [6, 6.07) is 4.27. The van der Waals surface area contributed by atoms with Gasteiger partial charge in [0, 0.05) is 26.2 Å². The third-order valence-corrected chi connectivity index (χ3v) is 5.61. The number of benzene rings is 1. The third kappa shape index (κ3) is 5.08. The van der Waals surface area contributed by atoms with E-state index < -0.39 is 33.6 Å². The van der Waals surface area contributed by atoms with Crippen LogP contribution in [0.15, 0.2) is 24.3 Å². The Morgan fingerprint density at radius 3 is 2.40 bits per heavy atom. The van der Waals surface area contributed by atoms with Crippen molar-refractivity contribution in [3.05, 3.63) is 35.4 Å². The summed E-state index contributed by atoms with van der Waals surface area (Å²) >= 11 is 0. The van der Waals surface area contributed by atoms with Crippen LogP contribution in [0.5, 0.6) is 0 Å². The van der Waals surface area contributed by atoms with Crippen LogP contribution in [0.3, 0.4) is 0 Å². The minimum absolute atomic E-state index is 0.0719. The number of piperazine rings is 1. The molecule has 1 fully saturated rings. The molecule has 1 heterocycles. The average molecular weight is 380 g/mol. The van der Waals surface area contributed by atoms with Crippen molar-refractivity contribution in [2.24, 2.45) is 0 Å². The van der Waals surface area contributed by atoms with E-state index in [1.807, 2.05) is 0 Å². The number of amides is 1. The molecule has 1 aromatic rings. The second-order valence-electron chi connectivity index (χ2n) is 5.54. The molecule has 0 aromatic heterocycles. The molecule has 1 aromatic carbocycles. The lowest BCUT2D eigenvalue weighted by Crippen LogP contribution is -2.50. The van der Waals surface area contributed by atoms with E-state index >= 15 is 0 Å². The molecule has 25 heavy (non-hydrogen) atoms. The van der Waals surface area contributed by atoms with Crippen LogP contribution in [0.2, 0.25) is 0 Å². The highest BCUT2D eigenvalue weighted by Crippen LogP contribution is 2.30. The fourth-order valence-corrected chi connectivity index (χ4v) is 4.01. The van der Waals surface area contributed by atoms with Crippen molar-refractivity contribution in [3.63, 3.8) is 0 Å². The Morgan fingerprint density at radius 2 is 1.84 bits per heavy atom. The number of halogens is 3. The fourth-order valence-electron chi connectivity index (χ4n) is 2.50. The van der Waals surface area contributed by atoms with E-state index in [2.05, 4.69) is 0 Å². The second-order valence-corrected chi connectivity index (χ2v) is 7.51. The summed E-state index contributed by atoms with van der Waals surface area (Å²) in [5.41, 5.74) is -0.810. The lowest BCUT2D eigenvalue weighted by molar-refractivity contribution is -0.137. The smallest absolute Gasteiger partial charge is 0.416 e. The Kier molecular flexibility index (Phi) is 5.94. The SMILES string of the molecule is CCOC(=O)N1CCN(S(=O)(=O)Cc2cccc(C(F)(F)F)c2)CC1. The van der Waals surface area contributed by atoms with Crippen LogP contribution in [0.4, 0.5) is 18.0 Å². The minimum Gasteiger partial charge on any atom is -0.450 e. The van der Waals surface area contributed by atoms with Gasteiger partial charge in [0.25, 0.3) is 0 Å². The molecule has 0 atom stereocenters. The summed E-state index contributed by atoms with van der Waals surface area (Å²) in [5.74, 6) is -0.518. The molecule has 0 saturated carbocycles. The summed E-state index contributed by atoms with van der Waals surface area (Å²) < 4.78 is 69.1. The maximum Gasteiger partial charge on any atom is 0.416 e. The summed E-state index contributed by atoms with van der Waals surface area (Å²) in [7, 11) is -3.77. The molecule has 10 heteroatoms. The summed E-state index contributed by atoms with van der Waals surface area (Å²) in [4.78, 5) is 13.0. The van der Waals surface area contributed by atoms with Gasteiger partial charge in [0.2, 0.25) is 10.0 Å². The number of sulfonamides is 1. The van der Waals surface area contributed by atoms with Crippen LogP contribution in [0.25, 0.3) is 0 Å². The minimum atomic E-state index is -4.52. The van der Waals surface area contributed by atoms with Gasteiger partial charge in [-0.3, -0.25) is 0 Å². The van der Waals surface area contributed by atoms with Gasteiger partial charge < -0.3 is 9.64 Å². The molecule has 0 N–H and O–H groups in total. The highest BCUT2D eigenvalue weighted by atomic mass is 32.2. The van der Waals surface area contributed by atoms with Crippen molar-refractivity contribution in [1.82, 2.24) is 9.21 Å². The number of nitrogens with zero attached hydrogens (tertiary/aromatic N) is 2. The molecule has 0 unspecified atom stereocenters. The van der Waals surface area contributed by atoms with Crippen LogP contribution in [0, 0.1) is 0 Å². The number of ether oxygens (including phenoxy) is 1. The molecular formula is C15H19F3N2O4S. The summed E-state index contributed by atoms with van der Waals surface area (Å²) in [6.07, 6.45) is -5.03. The quantitative estimate of drug-likeness (QED) is 0.804. The van der Waals surface area contributed by atoms with Gasteiger partial charge in [-0.15, -0.1) is 0 Å². The van der Waals surface area contributed by atoms with Crippen LogP contribution in [-0.2, 0) is 26.7 Å². The second kappa shape index (κ2) is 7.61. The standard InChI is InChI=1S/C15H19F3N2O4S/c1-2-24-14(21)19-6-8-20(9-7-19)25(22,23)11-12-4-3-5-13(10-12)15(16,17)18/h3-5,10H,2,6-9,11H2,1H3. The molecule has 1 amide bonds. The zero-order valence-corrected chi connectivity index (χ0v) is 14.4. The van der Waals surface area contributed by atoms with Crippen LogP contribution in [-0.4, -0.2) is 56.5 Å². The Balaban J connectivity index is 2.02. The van der Waals surface area contributed by atoms with E-state index in [0.717, 1.165) is 12.1 Å². The zero-order chi connectivity index (χ0) is 18.7. The number of carbonyl (C=O) groups is 1. The number of alkyl halides is 3. The number of hydrogen-bond acceptors (Lipinski definition) is 4. The first-order valence-corrected chi connectivity index (χ1v) is 9.30. The lowest BCUT2D eigenvalue weighted by Gasteiger charge is -2.33. The van der Waals surface area contributed by atoms with Gasteiger partial charge in [-0.05, 0) is 18.6 Å². The van der Waals surface area contributed by atoms with Crippen molar-refractivity contribution in [2.45, 2.75) is 18.9 Å². The van der Waals surface area contributed by atoms with Crippen LogP contribution >= 0.6 is 0 Å². The van der Waals surface area contributed by atoms with Gasteiger partial charge in [0.05, 0.1) is 17.9 Å². The highest BCUT2D eigenvalue weighted by Gasteiger charge is 2.32. The monoisotopic (exact) mass is 380 g/mol. The van der Waals surface area contributed by atoms with Gasteiger partial charge in [-0.2, -0.15) is 17.5 Å². The van der Waals surface area contributed by atoms with Gasteiger partial charge in [0.15, 0.2) is 0 Å². The van der Waals surface area contributed by atoms with E-state index in [4.69, 9.17) is 4.74 Å². The van der Waals surface area contributed by atoms with Gasteiger partial charge in [-0.1, -0.05) is 18.2 Å². The molecule has 140 valence electrons. The Hall–Kier alpha value is -1.81. The van der Waals surface area contributed by atoms with Gasteiger partial charge in [0.1, 0.15) is 0 Å². The van der Waals surface area contributed by atoms with E-state index in [-0.39, 0.29) is 38.3 Å². The maximum atomic E-state index is 12.7. The van der Waals surface area contributed by atoms with E-state index in [9.17, 15) is 26.4 Å². The van der Waals surface area contributed by atoms with E-state index in [0.29, 0.717) is 0 Å². The number of hydrogen-bond donors (Lipinski definition) is 0. The molecular weight excluding hydrogens is 361 g/mol. The molecule has 1 aliphatic rings. The zero-order valence-electron chi connectivity index (χ0n) is 13.6. The number of carbonyl (C=O) groups excluding carboxylic acids is 1. The normalized spacial score (nSPS) is 16.7. The first kappa shape index (κ1) is 19.5. The van der Waals surface area contributed by atoms with Crippen molar-refractivity contribution in [3.8, 4) is 0 Å². The van der Waals surface area contributed by atoms with Gasteiger partial charge >= 0.3 is 12.3 Å². The molecule has 6 nitrogen and oxygen atoms in total. The highest BCUT2D eigenvalue weighted by molar-refractivity contribution is 7.88. The predicted octanol–water partition coefficient (Wildman–Crippen LogP) is 2.31. The Labute approximate surface area is 144 Å². The predicted molar refractivity (Wildman–Crippen MR) is 84.2 cm³/mol. The molecule has 2 rings (SSSR count). The Bertz CT molecular complexity index is 714. The average Bonchev–Trinajstić information content (AvgIpc) is 2.54. The first-order valence-electron chi connectivity index (χ1n) is 7.69. The van der Waals surface area contributed by atoms with E-state index in [1.165, 1.54) is 21.3 Å². The van der Waals surface area contributed by atoms with Crippen molar-refractivity contribution >= 4 is 16.1 Å². The Morgan fingerprint density at radius 1 is 1.20 bits per heavy atom. The van der Waals surface area contributed by atoms with Crippen molar-refractivity contribution in [1.29, 1.82) is 0 Å². The topological polar surface area (TPSA) is 66.9 Å². The summed E-state index contributed by atoms with van der Waals surface area (Å²) in [5, 5.41) is 0. The fraction of sp³-hybridized carbons (Fsp3) is 0.533. The first-order chi connectivity index (χ1) is 11.6. The van der Waals surface area contributed by atoms with Crippen LogP contribution < -0.4 is 0 Å². The van der Waals surface area contributed by atoms with E-state index in [1.54, 1.807) is 6.92 Å². The molecule has 0 aliphatic carbocycles. The van der Waals surface area contributed by atoms with Crippen molar-refractivity contribution in [2.75, 3.05) is 32.8 Å².